The molecule has 0 heterocycles. The Kier molecular flexibility index (Phi) is 11.0. The Balaban J connectivity index is 3.32. The van der Waals surface area contributed by atoms with Gasteiger partial charge in [0.25, 0.3) is 0 Å². The van der Waals surface area contributed by atoms with Crippen molar-refractivity contribution in [1.29, 1.82) is 0 Å². The Morgan fingerprint density at radius 1 is 1.19 bits per heavy atom. The summed E-state index contributed by atoms with van der Waals surface area (Å²) in [5.41, 5.74) is 8.00. The highest BCUT2D eigenvalue weighted by Gasteiger charge is 2.11. The second kappa shape index (κ2) is 12.9. The van der Waals surface area contributed by atoms with Gasteiger partial charge in [-0.1, -0.05) is 63.6 Å². The number of aliphatic hydroxyl groups excluding tert-OH is 1. The van der Waals surface area contributed by atoms with Gasteiger partial charge in [-0.2, -0.15) is 0 Å². The lowest BCUT2D eigenvalue weighted by molar-refractivity contribution is 0.388. The number of rotatable bonds is 10. The van der Waals surface area contributed by atoms with E-state index in [9.17, 15) is 9.50 Å². The molecule has 1 aromatic rings. The zero-order chi connectivity index (χ0) is 23.6. The van der Waals surface area contributed by atoms with Crippen LogP contribution in [-0.4, -0.2) is 10.8 Å². The van der Waals surface area contributed by atoms with Crippen molar-refractivity contribution in [2.24, 2.45) is 4.99 Å². The highest BCUT2D eigenvalue weighted by Crippen LogP contribution is 2.27. The normalized spacial score (nSPS) is 14.6. The summed E-state index contributed by atoms with van der Waals surface area (Å²) in [6.45, 7) is 18.4. The molecule has 0 aromatic heterocycles. The third-order valence-corrected chi connectivity index (χ3v) is 5.30. The summed E-state index contributed by atoms with van der Waals surface area (Å²) in [6, 6.07) is 6.02. The van der Waals surface area contributed by atoms with Crippen LogP contribution in [0, 0.1) is 6.92 Å². The Bertz CT molecular complexity index is 942. The third kappa shape index (κ3) is 7.50. The molecule has 0 aliphatic rings. The number of benzene rings is 1. The van der Waals surface area contributed by atoms with E-state index < -0.39 is 5.83 Å². The van der Waals surface area contributed by atoms with Crippen molar-refractivity contribution in [3.8, 4) is 0 Å². The minimum atomic E-state index is -0.641. The summed E-state index contributed by atoms with van der Waals surface area (Å²) in [5, 5.41) is 9.65. The van der Waals surface area contributed by atoms with Crippen LogP contribution in [0.15, 0.2) is 70.9 Å². The topological polar surface area (TPSA) is 32.6 Å². The molecule has 0 fully saturated rings. The molecule has 0 aliphatic heterocycles. The van der Waals surface area contributed by atoms with Crippen molar-refractivity contribution in [3.63, 3.8) is 0 Å². The van der Waals surface area contributed by atoms with Crippen LogP contribution in [0.2, 0.25) is 0 Å². The van der Waals surface area contributed by atoms with E-state index in [-0.39, 0.29) is 5.76 Å². The number of aliphatic imine (C=N–C) groups is 1. The number of hydrogen-bond acceptors (Lipinski definition) is 2. The van der Waals surface area contributed by atoms with Gasteiger partial charge in [-0.25, -0.2) is 4.39 Å². The van der Waals surface area contributed by atoms with Crippen molar-refractivity contribution in [1.82, 2.24) is 0 Å². The Morgan fingerprint density at radius 2 is 1.87 bits per heavy atom. The second-order valence-corrected chi connectivity index (χ2v) is 7.77. The fourth-order valence-electron chi connectivity index (χ4n) is 3.47. The monoisotopic (exact) mass is 423 g/mol. The molecule has 0 unspecified atom stereocenters. The fourth-order valence-corrected chi connectivity index (χ4v) is 3.47. The fraction of sp³-hybridized carbons (Fsp3) is 0.393. The summed E-state index contributed by atoms with van der Waals surface area (Å²) < 4.78 is 14.2. The predicted octanol–water partition coefficient (Wildman–Crippen LogP) is 9.06. The molecule has 0 aliphatic carbocycles. The van der Waals surface area contributed by atoms with E-state index in [0.717, 1.165) is 64.9 Å². The Hall–Kier alpha value is -2.68. The van der Waals surface area contributed by atoms with Gasteiger partial charge in [0.1, 0.15) is 5.76 Å². The summed E-state index contributed by atoms with van der Waals surface area (Å²) in [5.74, 6) is -0.994. The quantitative estimate of drug-likeness (QED) is 0.227. The number of halogens is 1. The van der Waals surface area contributed by atoms with E-state index in [0.29, 0.717) is 0 Å². The average molecular weight is 424 g/mol. The molecule has 0 spiro atoms. The smallest absolute Gasteiger partial charge is 0.165 e. The van der Waals surface area contributed by atoms with Crippen LogP contribution in [0.3, 0.4) is 0 Å². The highest BCUT2D eigenvalue weighted by molar-refractivity contribution is 6.22. The van der Waals surface area contributed by atoms with E-state index in [1.807, 2.05) is 45.0 Å². The summed E-state index contributed by atoms with van der Waals surface area (Å²) >= 11 is 0. The summed E-state index contributed by atoms with van der Waals surface area (Å²) in [4.78, 5) is 4.88. The predicted molar refractivity (Wildman–Crippen MR) is 135 cm³/mol. The summed E-state index contributed by atoms with van der Waals surface area (Å²) in [6.07, 6.45) is 8.50. The van der Waals surface area contributed by atoms with E-state index in [1.54, 1.807) is 6.92 Å². The molecule has 3 heteroatoms. The number of allylic oxidation sites excluding steroid dienone is 8. The van der Waals surface area contributed by atoms with Gasteiger partial charge < -0.3 is 5.11 Å². The van der Waals surface area contributed by atoms with Gasteiger partial charge in [-0.05, 0) is 86.9 Å². The molecule has 1 N–H and O–H groups in total. The summed E-state index contributed by atoms with van der Waals surface area (Å²) in [7, 11) is 0. The molecular weight excluding hydrogens is 385 g/mol. The molecule has 1 rings (SSSR count). The number of aryl methyl sites for hydroxylation is 1. The van der Waals surface area contributed by atoms with Crippen molar-refractivity contribution in [2.45, 2.75) is 74.1 Å². The molecule has 0 saturated heterocycles. The second-order valence-electron chi connectivity index (χ2n) is 7.77. The van der Waals surface area contributed by atoms with Gasteiger partial charge in [0, 0.05) is 11.4 Å². The van der Waals surface area contributed by atoms with Crippen molar-refractivity contribution in [2.75, 3.05) is 0 Å². The SMILES string of the molecule is C=C(/C(C)=N/C(CC)=C(\C)CCC)c1ccc(C(=C\CC)/C=C(F)\C(O)=C/C)cc1C. The maximum atomic E-state index is 14.2. The first kappa shape index (κ1) is 26.4. The van der Waals surface area contributed by atoms with Crippen LogP contribution in [0.25, 0.3) is 11.1 Å². The molecular formula is C28H38FNO. The van der Waals surface area contributed by atoms with Crippen LogP contribution < -0.4 is 0 Å². The largest absolute Gasteiger partial charge is 0.505 e. The Morgan fingerprint density at radius 3 is 2.39 bits per heavy atom. The van der Waals surface area contributed by atoms with Crippen LogP contribution in [0.4, 0.5) is 4.39 Å². The molecule has 0 bridgehead atoms. The average Bonchev–Trinajstić information content (AvgIpc) is 2.75. The van der Waals surface area contributed by atoms with Gasteiger partial charge in [-0.15, -0.1) is 0 Å². The first-order chi connectivity index (χ1) is 14.7. The molecule has 0 amide bonds. The molecule has 31 heavy (non-hydrogen) atoms. The van der Waals surface area contributed by atoms with Gasteiger partial charge in [0.2, 0.25) is 0 Å². The number of hydrogen-bond donors (Lipinski definition) is 1. The first-order valence-corrected chi connectivity index (χ1v) is 11.2. The maximum absolute atomic E-state index is 14.2. The van der Waals surface area contributed by atoms with E-state index in [1.165, 1.54) is 17.7 Å². The van der Waals surface area contributed by atoms with Crippen molar-refractivity contribution in [3.05, 3.63) is 82.6 Å². The number of nitrogens with zero attached hydrogens (tertiary/aromatic N) is 1. The van der Waals surface area contributed by atoms with Gasteiger partial charge in [-0.3, -0.25) is 4.99 Å². The Labute approximate surface area is 188 Å². The van der Waals surface area contributed by atoms with E-state index >= 15 is 0 Å². The van der Waals surface area contributed by atoms with Crippen LogP contribution in [0.5, 0.6) is 0 Å². The van der Waals surface area contributed by atoms with Crippen molar-refractivity contribution < 1.29 is 9.50 Å². The standard InChI is InChI=1S/C28H38FNO/c1-9-13-19(5)27(11-3)30-22(8)21(7)25-16-15-24(17-20(25)6)23(14-10-2)18-26(29)28(31)12-4/h12,14-18,31H,7,9-11,13H2,1-6,8H3/b23-14-,26-18+,27-19+,28-12+,30-22+. The van der Waals surface area contributed by atoms with E-state index in [2.05, 4.69) is 27.4 Å². The minimum absolute atomic E-state index is 0.353. The minimum Gasteiger partial charge on any atom is -0.505 e. The van der Waals surface area contributed by atoms with Crippen molar-refractivity contribution >= 4 is 16.9 Å². The zero-order valence-electron chi connectivity index (χ0n) is 20.3. The van der Waals surface area contributed by atoms with Gasteiger partial charge in [0.05, 0.1) is 0 Å². The molecule has 168 valence electrons. The highest BCUT2D eigenvalue weighted by atomic mass is 19.1. The number of aliphatic hydroxyl groups is 1. The molecule has 2 nitrogen and oxygen atoms in total. The van der Waals surface area contributed by atoms with Crippen LogP contribution in [0.1, 0.15) is 83.9 Å². The molecule has 0 atom stereocenters. The lowest BCUT2D eigenvalue weighted by atomic mass is 9.93. The molecule has 1 aromatic carbocycles. The first-order valence-electron chi connectivity index (χ1n) is 11.2. The maximum Gasteiger partial charge on any atom is 0.165 e. The lowest BCUT2D eigenvalue weighted by Crippen LogP contribution is -2.00. The van der Waals surface area contributed by atoms with Gasteiger partial charge in [0.15, 0.2) is 5.83 Å². The third-order valence-electron chi connectivity index (χ3n) is 5.30. The lowest BCUT2D eigenvalue weighted by Gasteiger charge is -2.14. The van der Waals surface area contributed by atoms with Crippen LogP contribution in [-0.2, 0) is 0 Å². The molecule has 0 radical (unpaired) electrons. The van der Waals surface area contributed by atoms with E-state index in [4.69, 9.17) is 4.99 Å². The van der Waals surface area contributed by atoms with Crippen LogP contribution >= 0.6 is 0 Å². The zero-order valence-corrected chi connectivity index (χ0v) is 20.3. The molecule has 0 saturated carbocycles. The van der Waals surface area contributed by atoms with Gasteiger partial charge >= 0.3 is 0 Å².